The lowest BCUT2D eigenvalue weighted by atomic mass is 10.1. The Bertz CT molecular complexity index is 1180. The minimum Gasteiger partial charge on any atom is -0.481 e. The van der Waals surface area contributed by atoms with Gasteiger partial charge in [-0.05, 0) is 24.3 Å². The number of rotatable bonds is 10. The summed E-state index contributed by atoms with van der Waals surface area (Å²) in [5, 5.41) is 27.0. The first-order chi connectivity index (χ1) is 15.8. The highest BCUT2D eigenvalue weighted by atomic mass is 32.2. The number of nitro benzene ring substituents is 1. The van der Waals surface area contributed by atoms with E-state index in [9.17, 15) is 24.5 Å². The molecule has 2 aromatic carbocycles. The van der Waals surface area contributed by atoms with Crippen molar-refractivity contribution in [2.24, 2.45) is 0 Å². The molecular weight excluding hydrogens is 468 g/mol. The van der Waals surface area contributed by atoms with Crippen LogP contribution in [0.4, 0.5) is 16.5 Å². The van der Waals surface area contributed by atoms with Crippen LogP contribution in [0, 0.1) is 10.1 Å². The molecule has 0 unspecified atom stereocenters. The fourth-order valence-electron chi connectivity index (χ4n) is 2.63. The summed E-state index contributed by atoms with van der Waals surface area (Å²) in [7, 11) is 0. The first kappa shape index (κ1) is 23.9. The molecule has 0 fully saturated rings. The molecule has 1 aromatic heterocycles. The number of nitro groups is 1. The van der Waals surface area contributed by atoms with Crippen molar-refractivity contribution in [3.63, 3.8) is 0 Å². The van der Waals surface area contributed by atoms with E-state index < -0.39 is 10.9 Å². The highest BCUT2D eigenvalue weighted by Gasteiger charge is 2.12. The quantitative estimate of drug-likeness (QED) is 0.218. The third-order valence-corrected chi connectivity index (χ3v) is 5.95. The molecule has 0 aliphatic rings. The highest BCUT2D eigenvalue weighted by molar-refractivity contribution is 8.00. The van der Waals surface area contributed by atoms with Gasteiger partial charge in [0.05, 0.1) is 22.8 Å². The zero-order chi connectivity index (χ0) is 23.8. The molecule has 12 heteroatoms. The van der Waals surface area contributed by atoms with Gasteiger partial charge in [-0.3, -0.25) is 24.5 Å². The van der Waals surface area contributed by atoms with Gasteiger partial charge >= 0.3 is 5.97 Å². The highest BCUT2D eigenvalue weighted by Crippen LogP contribution is 2.28. The number of carboxylic acids is 1. The number of aliphatic carboxylic acids is 1. The van der Waals surface area contributed by atoms with Gasteiger partial charge < -0.3 is 15.7 Å². The lowest BCUT2D eigenvalue weighted by Crippen LogP contribution is -2.14. The summed E-state index contributed by atoms with van der Waals surface area (Å²) in [5.41, 5.74) is 1.63. The normalized spacial score (nSPS) is 10.4. The first-order valence-corrected chi connectivity index (χ1v) is 11.4. The molecule has 10 nitrogen and oxygen atoms in total. The first-order valence-electron chi connectivity index (χ1n) is 9.55. The van der Waals surface area contributed by atoms with E-state index in [4.69, 9.17) is 5.11 Å². The SMILES string of the molecule is O=C(O)CCC(=O)Nc1ccc(SCC(=O)Nc2nc(-c3cccc([N+](=O)[O-])c3)cs2)cc1. The number of non-ortho nitro benzene ring substituents is 1. The van der Waals surface area contributed by atoms with Crippen LogP contribution in [0.5, 0.6) is 0 Å². The predicted octanol–water partition coefficient (Wildman–Crippen LogP) is 4.25. The van der Waals surface area contributed by atoms with Crippen LogP contribution in [-0.4, -0.2) is 38.6 Å². The van der Waals surface area contributed by atoms with Gasteiger partial charge in [-0.15, -0.1) is 23.1 Å². The summed E-state index contributed by atoms with van der Waals surface area (Å²) in [5.74, 6) is -1.54. The van der Waals surface area contributed by atoms with Gasteiger partial charge in [0.25, 0.3) is 5.69 Å². The average molecular weight is 487 g/mol. The summed E-state index contributed by atoms with van der Waals surface area (Å²) in [6, 6.07) is 12.9. The Morgan fingerprint density at radius 2 is 1.82 bits per heavy atom. The molecule has 3 aromatic rings. The maximum Gasteiger partial charge on any atom is 0.303 e. The third kappa shape index (κ3) is 7.40. The Morgan fingerprint density at radius 3 is 2.52 bits per heavy atom. The van der Waals surface area contributed by atoms with E-state index >= 15 is 0 Å². The molecule has 0 saturated carbocycles. The lowest BCUT2D eigenvalue weighted by Gasteiger charge is -2.06. The fraction of sp³-hybridized carbons (Fsp3) is 0.143. The van der Waals surface area contributed by atoms with Crippen LogP contribution >= 0.6 is 23.1 Å². The smallest absolute Gasteiger partial charge is 0.303 e. The van der Waals surface area contributed by atoms with E-state index in [2.05, 4.69) is 15.6 Å². The Kier molecular flexibility index (Phi) is 8.11. The number of amides is 2. The van der Waals surface area contributed by atoms with Gasteiger partial charge in [0, 0.05) is 40.1 Å². The van der Waals surface area contributed by atoms with Crippen LogP contribution in [0.3, 0.4) is 0 Å². The van der Waals surface area contributed by atoms with Gasteiger partial charge in [0.15, 0.2) is 5.13 Å². The van der Waals surface area contributed by atoms with E-state index in [-0.39, 0.29) is 36.1 Å². The zero-order valence-electron chi connectivity index (χ0n) is 17.0. The maximum absolute atomic E-state index is 12.3. The Balaban J connectivity index is 1.49. The molecule has 0 aliphatic heterocycles. The summed E-state index contributed by atoms with van der Waals surface area (Å²) in [4.78, 5) is 50.0. The summed E-state index contributed by atoms with van der Waals surface area (Å²) in [6.45, 7) is 0. The van der Waals surface area contributed by atoms with Gasteiger partial charge in [-0.1, -0.05) is 12.1 Å². The number of anilines is 2. The second-order valence-electron chi connectivity index (χ2n) is 6.65. The summed E-state index contributed by atoms with van der Waals surface area (Å²) >= 11 is 2.52. The number of benzene rings is 2. The lowest BCUT2D eigenvalue weighted by molar-refractivity contribution is -0.384. The number of carboxylic acid groups (broad SMARTS) is 1. The molecule has 0 atom stereocenters. The molecule has 3 rings (SSSR count). The van der Waals surface area contributed by atoms with Gasteiger partial charge in [0.1, 0.15) is 0 Å². The molecule has 170 valence electrons. The molecule has 0 bridgehead atoms. The average Bonchev–Trinajstić information content (AvgIpc) is 3.26. The van der Waals surface area contributed by atoms with Crippen molar-refractivity contribution in [2.45, 2.75) is 17.7 Å². The van der Waals surface area contributed by atoms with Crippen LogP contribution in [0.25, 0.3) is 11.3 Å². The number of aromatic nitrogens is 1. The number of carbonyl (C=O) groups excluding carboxylic acids is 2. The number of carbonyl (C=O) groups is 3. The van der Waals surface area contributed by atoms with Crippen molar-refractivity contribution in [3.05, 3.63) is 64.0 Å². The topological polar surface area (TPSA) is 152 Å². The van der Waals surface area contributed by atoms with Crippen molar-refractivity contribution < 1.29 is 24.4 Å². The molecular formula is C21H18N4O6S2. The monoisotopic (exact) mass is 486 g/mol. The van der Waals surface area contributed by atoms with Crippen LogP contribution in [-0.2, 0) is 14.4 Å². The summed E-state index contributed by atoms with van der Waals surface area (Å²) in [6.07, 6.45) is -0.341. The molecule has 0 aliphatic carbocycles. The van der Waals surface area contributed by atoms with Crippen molar-refractivity contribution in [3.8, 4) is 11.3 Å². The maximum atomic E-state index is 12.3. The van der Waals surface area contributed by atoms with E-state index in [0.717, 1.165) is 4.90 Å². The minimum absolute atomic E-state index is 0.0340. The predicted molar refractivity (Wildman–Crippen MR) is 125 cm³/mol. The van der Waals surface area contributed by atoms with Crippen molar-refractivity contribution in [2.75, 3.05) is 16.4 Å². The van der Waals surface area contributed by atoms with Crippen LogP contribution in [0.2, 0.25) is 0 Å². The second kappa shape index (κ2) is 11.2. The molecule has 0 spiro atoms. The molecule has 2 amide bonds. The number of nitrogens with zero attached hydrogens (tertiary/aromatic N) is 2. The van der Waals surface area contributed by atoms with Gasteiger partial charge in [-0.25, -0.2) is 4.98 Å². The second-order valence-corrected chi connectivity index (χ2v) is 8.56. The molecule has 33 heavy (non-hydrogen) atoms. The van der Waals surface area contributed by atoms with Crippen molar-refractivity contribution >= 4 is 57.4 Å². The Labute approximate surface area is 196 Å². The number of hydrogen-bond acceptors (Lipinski definition) is 8. The molecule has 1 heterocycles. The largest absolute Gasteiger partial charge is 0.481 e. The van der Waals surface area contributed by atoms with Crippen molar-refractivity contribution in [1.29, 1.82) is 0 Å². The van der Waals surface area contributed by atoms with Crippen LogP contribution < -0.4 is 10.6 Å². The Hall–Kier alpha value is -3.77. The van der Waals surface area contributed by atoms with E-state index in [1.807, 2.05) is 0 Å². The van der Waals surface area contributed by atoms with Crippen molar-refractivity contribution in [1.82, 2.24) is 4.98 Å². The number of nitrogens with one attached hydrogen (secondary N) is 2. The van der Waals surface area contributed by atoms with Crippen LogP contribution in [0.1, 0.15) is 12.8 Å². The number of thioether (sulfide) groups is 1. The molecule has 0 radical (unpaired) electrons. The standard InChI is InChI=1S/C21H18N4O6S2/c26-18(8-9-20(28)29)22-14-4-6-16(7-5-14)32-12-19(27)24-21-23-17(11-33-21)13-2-1-3-15(10-13)25(30)31/h1-7,10-11H,8-9,12H2,(H,22,26)(H,28,29)(H,23,24,27). The van der Waals surface area contributed by atoms with E-state index in [0.29, 0.717) is 22.1 Å². The molecule has 3 N–H and O–H groups in total. The zero-order valence-corrected chi connectivity index (χ0v) is 18.6. The minimum atomic E-state index is -1.03. The number of hydrogen-bond donors (Lipinski definition) is 3. The fourth-order valence-corrected chi connectivity index (χ4v) is 4.06. The molecule has 0 saturated heterocycles. The van der Waals surface area contributed by atoms with Gasteiger partial charge in [0.2, 0.25) is 11.8 Å². The Morgan fingerprint density at radius 1 is 1.06 bits per heavy atom. The summed E-state index contributed by atoms with van der Waals surface area (Å²) < 4.78 is 0. The van der Waals surface area contributed by atoms with Crippen LogP contribution in [0.15, 0.2) is 58.8 Å². The third-order valence-electron chi connectivity index (χ3n) is 4.18. The van der Waals surface area contributed by atoms with E-state index in [1.54, 1.807) is 41.8 Å². The van der Waals surface area contributed by atoms with E-state index in [1.165, 1.54) is 35.2 Å². The van der Waals surface area contributed by atoms with Gasteiger partial charge in [-0.2, -0.15) is 0 Å². The number of thiazole rings is 1.